The van der Waals surface area contributed by atoms with Crippen molar-refractivity contribution in [1.29, 1.82) is 0 Å². The third-order valence-corrected chi connectivity index (χ3v) is 1.68. The van der Waals surface area contributed by atoms with Crippen molar-refractivity contribution >= 4 is 18.2 Å². The minimum Gasteiger partial charge on any atom is -0.469 e. The van der Waals surface area contributed by atoms with Gasteiger partial charge < -0.3 is 9.72 Å². The fourth-order valence-electron chi connectivity index (χ4n) is 0.797. The first-order chi connectivity index (χ1) is 6.13. The molecule has 13 heavy (non-hydrogen) atoms. The molecule has 0 aliphatic carbocycles. The summed E-state index contributed by atoms with van der Waals surface area (Å²) in [5.74, 6) is -0.462. The van der Waals surface area contributed by atoms with Gasteiger partial charge in [0, 0.05) is 11.8 Å². The molecule has 70 valence electrons. The molecule has 0 radical (unpaired) electrons. The number of carbonyl (C=O) groups is 1. The Hall–Kier alpha value is -1.43. The van der Waals surface area contributed by atoms with Crippen molar-refractivity contribution < 1.29 is 9.53 Å². The lowest BCUT2D eigenvalue weighted by Crippen LogP contribution is -2.17. The van der Waals surface area contributed by atoms with E-state index in [0.29, 0.717) is 5.56 Å². The molecule has 0 atom stereocenters. The van der Waals surface area contributed by atoms with Crippen molar-refractivity contribution in [2.75, 3.05) is 7.11 Å². The number of nitrogens with one attached hydrogen (secondary N) is 2. The quantitative estimate of drug-likeness (QED) is 0.526. The summed E-state index contributed by atoms with van der Waals surface area (Å²) in [4.78, 5) is 26.9. The molecule has 0 spiro atoms. The Kier molecular flexibility index (Phi) is 2.97. The molecule has 0 bridgehead atoms. The third kappa shape index (κ3) is 2.51. The summed E-state index contributed by atoms with van der Waals surface area (Å²) in [6, 6.07) is 0. The van der Waals surface area contributed by atoms with Gasteiger partial charge >= 0.3 is 5.97 Å². The molecule has 1 heterocycles. The normalized spacial score (nSPS) is 9.62. The zero-order valence-corrected chi connectivity index (χ0v) is 7.73. The van der Waals surface area contributed by atoms with Gasteiger partial charge in [0.1, 0.15) is 0 Å². The molecule has 2 N–H and O–H groups in total. The number of hydrogen-bond donors (Lipinski definition) is 2. The van der Waals surface area contributed by atoms with E-state index >= 15 is 0 Å². The highest BCUT2D eigenvalue weighted by molar-refractivity contribution is 7.71. The molecule has 0 amide bonds. The smallest absolute Gasteiger partial charge is 0.310 e. The number of methoxy groups -OCH3 is 1. The van der Waals surface area contributed by atoms with Crippen molar-refractivity contribution in [3.8, 4) is 0 Å². The maximum Gasteiger partial charge on any atom is 0.310 e. The molecule has 5 nitrogen and oxygen atoms in total. The van der Waals surface area contributed by atoms with Crippen LogP contribution in [0.2, 0.25) is 0 Å². The molecule has 6 heteroatoms. The zero-order chi connectivity index (χ0) is 9.84. The molecule has 0 aliphatic heterocycles. The number of rotatable bonds is 2. The lowest BCUT2D eigenvalue weighted by Gasteiger charge is -1.97. The molecule has 0 saturated carbocycles. The standard InChI is InChI=1S/C7H8N2O3S/c1-12-5(10)2-4-3-8-7(13)9-6(4)11/h3H,2H2,1H3,(H2,8,9,11,13). The molecule has 0 aliphatic rings. The van der Waals surface area contributed by atoms with Crippen LogP contribution in [0.4, 0.5) is 0 Å². The second-order valence-corrected chi connectivity index (χ2v) is 2.76. The SMILES string of the molecule is COC(=O)Cc1c[nH]c(=S)[nH]c1=O. The van der Waals surface area contributed by atoms with Crippen molar-refractivity contribution in [3.63, 3.8) is 0 Å². The minimum absolute atomic E-state index is 0.0576. The summed E-state index contributed by atoms with van der Waals surface area (Å²) in [5.41, 5.74) is -0.0606. The molecular formula is C7H8N2O3S. The summed E-state index contributed by atoms with van der Waals surface area (Å²) in [6.45, 7) is 0. The van der Waals surface area contributed by atoms with E-state index in [9.17, 15) is 9.59 Å². The lowest BCUT2D eigenvalue weighted by atomic mass is 10.2. The third-order valence-electron chi connectivity index (χ3n) is 1.46. The maximum absolute atomic E-state index is 11.1. The summed E-state index contributed by atoms with van der Waals surface area (Å²) >= 11 is 4.67. The van der Waals surface area contributed by atoms with Crippen LogP contribution in [0.25, 0.3) is 0 Å². The Labute approximate surface area is 78.8 Å². The summed E-state index contributed by atoms with van der Waals surface area (Å²) in [5, 5.41) is 0. The van der Waals surface area contributed by atoms with Gasteiger partial charge in [-0.05, 0) is 12.2 Å². The summed E-state index contributed by atoms with van der Waals surface area (Å²) in [6.07, 6.45) is 1.34. The predicted octanol–water partition coefficient (Wildman–Crippen LogP) is 0.148. The first-order valence-corrected chi connectivity index (χ1v) is 3.92. The van der Waals surface area contributed by atoms with Gasteiger partial charge in [-0.25, -0.2) is 0 Å². The second-order valence-electron chi connectivity index (χ2n) is 2.35. The van der Waals surface area contributed by atoms with E-state index in [0.717, 1.165) is 0 Å². The van der Waals surface area contributed by atoms with E-state index in [-0.39, 0.29) is 16.8 Å². The van der Waals surface area contributed by atoms with E-state index in [2.05, 4.69) is 26.9 Å². The average Bonchev–Trinajstić information content (AvgIpc) is 2.09. The van der Waals surface area contributed by atoms with Crippen molar-refractivity contribution in [2.24, 2.45) is 0 Å². The van der Waals surface area contributed by atoms with E-state index in [4.69, 9.17) is 0 Å². The molecule has 0 unspecified atom stereocenters. The molecule has 0 aromatic carbocycles. The highest BCUT2D eigenvalue weighted by atomic mass is 32.1. The van der Waals surface area contributed by atoms with E-state index < -0.39 is 5.97 Å². The number of aromatic nitrogens is 2. The highest BCUT2D eigenvalue weighted by Gasteiger charge is 2.05. The Morgan fingerprint density at radius 1 is 1.69 bits per heavy atom. The van der Waals surface area contributed by atoms with Crippen LogP contribution >= 0.6 is 12.2 Å². The fourth-order valence-corrected chi connectivity index (χ4v) is 0.948. The van der Waals surface area contributed by atoms with Gasteiger partial charge in [-0.3, -0.25) is 14.6 Å². The van der Waals surface area contributed by atoms with Crippen LogP contribution in [0.15, 0.2) is 11.0 Å². The Balaban J connectivity index is 2.97. The number of esters is 1. The summed E-state index contributed by atoms with van der Waals surface area (Å²) in [7, 11) is 1.27. The van der Waals surface area contributed by atoms with Gasteiger partial charge in [-0.2, -0.15) is 0 Å². The van der Waals surface area contributed by atoms with Crippen LogP contribution in [0.1, 0.15) is 5.56 Å². The molecular weight excluding hydrogens is 192 g/mol. The number of H-pyrrole nitrogens is 2. The van der Waals surface area contributed by atoms with Crippen LogP contribution in [0.5, 0.6) is 0 Å². The minimum atomic E-state index is -0.462. The van der Waals surface area contributed by atoms with Gasteiger partial charge in [-0.1, -0.05) is 0 Å². The number of ether oxygens (including phenoxy) is 1. The topological polar surface area (TPSA) is 75.0 Å². The van der Waals surface area contributed by atoms with Crippen LogP contribution in [-0.4, -0.2) is 23.0 Å². The van der Waals surface area contributed by atoms with Gasteiger partial charge in [0.15, 0.2) is 4.77 Å². The molecule has 0 saturated heterocycles. The predicted molar refractivity (Wildman–Crippen MR) is 48.0 cm³/mol. The number of carbonyl (C=O) groups excluding carboxylic acids is 1. The van der Waals surface area contributed by atoms with Gasteiger partial charge in [0.25, 0.3) is 5.56 Å². The van der Waals surface area contributed by atoms with Crippen molar-refractivity contribution in [1.82, 2.24) is 9.97 Å². The van der Waals surface area contributed by atoms with Gasteiger partial charge in [0.05, 0.1) is 13.5 Å². The number of hydrogen-bond acceptors (Lipinski definition) is 4. The van der Waals surface area contributed by atoms with Crippen molar-refractivity contribution in [2.45, 2.75) is 6.42 Å². The first-order valence-electron chi connectivity index (χ1n) is 3.51. The summed E-state index contributed by atoms with van der Waals surface area (Å²) < 4.78 is 4.64. The highest BCUT2D eigenvalue weighted by Crippen LogP contribution is 1.90. The molecule has 0 fully saturated rings. The zero-order valence-electron chi connectivity index (χ0n) is 6.92. The first kappa shape index (κ1) is 9.66. The Morgan fingerprint density at radius 3 is 2.92 bits per heavy atom. The molecule has 1 aromatic heterocycles. The second kappa shape index (κ2) is 3.99. The van der Waals surface area contributed by atoms with Gasteiger partial charge in [0.2, 0.25) is 0 Å². The van der Waals surface area contributed by atoms with Crippen molar-refractivity contribution in [3.05, 3.63) is 26.9 Å². The Morgan fingerprint density at radius 2 is 2.38 bits per heavy atom. The van der Waals surface area contributed by atoms with Crippen LogP contribution < -0.4 is 5.56 Å². The van der Waals surface area contributed by atoms with E-state index in [1.165, 1.54) is 13.3 Å². The van der Waals surface area contributed by atoms with E-state index in [1.807, 2.05) is 0 Å². The molecule has 1 rings (SSSR count). The van der Waals surface area contributed by atoms with Crippen LogP contribution in [0.3, 0.4) is 0 Å². The molecule has 1 aromatic rings. The van der Waals surface area contributed by atoms with Crippen LogP contribution in [0, 0.1) is 4.77 Å². The Bertz CT molecular complexity index is 420. The van der Waals surface area contributed by atoms with Crippen LogP contribution in [-0.2, 0) is 16.0 Å². The van der Waals surface area contributed by atoms with Gasteiger partial charge in [-0.15, -0.1) is 0 Å². The monoisotopic (exact) mass is 200 g/mol. The largest absolute Gasteiger partial charge is 0.469 e. The fraction of sp³-hybridized carbons (Fsp3) is 0.286. The number of aromatic amines is 2. The average molecular weight is 200 g/mol. The van der Waals surface area contributed by atoms with E-state index in [1.54, 1.807) is 0 Å². The lowest BCUT2D eigenvalue weighted by molar-refractivity contribution is -0.139. The maximum atomic E-state index is 11.1.